The maximum absolute atomic E-state index is 12.7. The molecule has 35 heavy (non-hydrogen) atoms. The SMILES string of the molecule is CN(C)CCN(CCNC(=O)Nc1ccc(C(F)(F)F)cc1)C(=O)Nc1ccc(C(F)(F)F)cc1. The van der Waals surface area contributed by atoms with Crippen LogP contribution in [0.15, 0.2) is 48.5 Å². The summed E-state index contributed by atoms with van der Waals surface area (Å²) < 4.78 is 76.0. The minimum atomic E-state index is -4.49. The van der Waals surface area contributed by atoms with Crippen LogP contribution in [0.5, 0.6) is 0 Å². The highest BCUT2D eigenvalue weighted by Crippen LogP contribution is 2.30. The first-order valence-corrected chi connectivity index (χ1v) is 10.4. The predicted molar refractivity (Wildman–Crippen MR) is 119 cm³/mol. The molecule has 0 heterocycles. The molecule has 3 N–H and O–H groups in total. The first kappa shape index (κ1) is 27.8. The molecule has 0 aromatic heterocycles. The van der Waals surface area contributed by atoms with Gasteiger partial charge in [0.15, 0.2) is 0 Å². The minimum absolute atomic E-state index is 0.0142. The van der Waals surface area contributed by atoms with Gasteiger partial charge in [-0.15, -0.1) is 0 Å². The van der Waals surface area contributed by atoms with E-state index in [1.54, 1.807) is 14.1 Å². The molecule has 0 bridgehead atoms. The number of carbonyl (C=O) groups is 2. The quantitative estimate of drug-likeness (QED) is 0.445. The van der Waals surface area contributed by atoms with E-state index in [4.69, 9.17) is 0 Å². The van der Waals surface area contributed by atoms with Crippen molar-refractivity contribution in [1.29, 1.82) is 0 Å². The van der Waals surface area contributed by atoms with Crippen LogP contribution in [0.1, 0.15) is 11.1 Å². The Bertz CT molecular complexity index is 976. The average molecular weight is 505 g/mol. The van der Waals surface area contributed by atoms with E-state index in [9.17, 15) is 35.9 Å². The number of amides is 4. The van der Waals surface area contributed by atoms with Crippen LogP contribution >= 0.6 is 0 Å². The standard InChI is InChI=1S/C22H25F6N5O2/c1-32(2)13-14-33(20(35)31-18-9-5-16(6-10-18)22(26,27)28)12-11-29-19(34)30-17-7-3-15(4-8-17)21(23,24)25/h3-10H,11-14H2,1-2H3,(H,31,35)(H2,29,30,34). The molecule has 0 aliphatic carbocycles. The van der Waals surface area contributed by atoms with E-state index in [1.807, 2.05) is 4.90 Å². The van der Waals surface area contributed by atoms with Crippen LogP contribution in [0.3, 0.4) is 0 Å². The Morgan fingerprint density at radius 2 is 1.17 bits per heavy atom. The summed E-state index contributed by atoms with van der Waals surface area (Å²) in [4.78, 5) is 27.9. The Morgan fingerprint density at radius 1 is 0.714 bits per heavy atom. The Labute approximate surface area is 198 Å². The van der Waals surface area contributed by atoms with E-state index in [0.717, 1.165) is 48.5 Å². The lowest BCUT2D eigenvalue weighted by molar-refractivity contribution is -0.138. The van der Waals surface area contributed by atoms with E-state index < -0.39 is 35.5 Å². The molecule has 2 aromatic carbocycles. The predicted octanol–water partition coefficient (Wildman–Crippen LogP) is 4.94. The number of hydrogen-bond donors (Lipinski definition) is 3. The van der Waals surface area contributed by atoms with Crippen molar-refractivity contribution in [3.05, 3.63) is 59.7 Å². The number of benzene rings is 2. The van der Waals surface area contributed by atoms with E-state index >= 15 is 0 Å². The lowest BCUT2D eigenvalue weighted by atomic mass is 10.2. The highest BCUT2D eigenvalue weighted by molar-refractivity contribution is 5.90. The first-order valence-electron chi connectivity index (χ1n) is 10.4. The van der Waals surface area contributed by atoms with Crippen molar-refractivity contribution < 1.29 is 35.9 Å². The van der Waals surface area contributed by atoms with Crippen molar-refractivity contribution in [2.75, 3.05) is 50.9 Å². The maximum Gasteiger partial charge on any atom is 0.416 e. The van der Waals surface area contributed by atoms with E-state index in [-0.39, 0.29) is 31.0 Å². The second-order valence-corrected chi connectivity index (χ2v) is 7.75. The van der Waals surface area contributed by atoms with Crippen molar-refractivity contribution in [3.8, 4) is 0 Å². The number of nitrogens with zero attached hydrogens (tertiary/aromatic N) is 2. The molecule has 0 saturated heterocycles. The topological polar surface area (TPSA) is 76.7 Å². The van der Waals surface area contributed by atoms with Crippen LogP contribution < -0.4 is 16.0 Å². The number of carbonyl (C=O) groups excluding carboxylic acids is 2. The Balaban J connectivity index is 1.91. The summed E-state index contributed by atoms with van der Waals surface area (Å²) in [6.45, 7) is 0.834. The Kier molecular flexibility index (Phi) is 9.34. The number of anilines is 2. The van der Waals surface area contributed by atoms with Crippen LogP contribution in [0.25, 0.3) is 0 Å². The van der Waals surface area contributed by atoms with Gasteiger partial charge < -0.3 is 25.8 Å². The first-order chi connectivity index (χ1) is 16.3. The summed E-state index contributed by atoms with van der Waals surface area (Å²) in [6, 6.07) is 6.64. The summed E-state index contributed by atoms with van der Waals surface area (Å²) in [6.07, 6.45) is -8.98. The van der Waals surface area contributed by atoms with Gasteiger partial charge in [0.1, 0.15) is 0 Å². The molecule has 0 atom stereocenters. The summed E-state index contributed by atoms with van der Waals surface area (Å²) in [5.74, 6) is 0. The number of halogens is 6. The van der Waals surface area contributed by atoms with Crippen molar-refractivity contribution in [2.24, 2.45) is 0 Å². The normalized spacial score (nSPS) is 11.8. The van der Waals surface area contributed by atoms with E-state index in [2.05, 4.69) is 16.0 Å². The number of urea groups is 2. The van der Waals surface area contributed by atoms with Crippen LogP contribution in [-0.4, -0.2) is 62.1 Å². The minimum Gasteiger partial charge on any atom is -0.336 e. The fourth-order valence-electron chi connectivity index (χ4n) is 2.80. The number of nitrogens with one attached hydrogen (secondary N) is 3. The molecule has 13 heteroatoms. The monoisotopic (exact) mass is 505 g/mol. The van der Waals surface area contributed by atoms with Gasteiger partial charge in [0.2, 0.25) is 0 Å². The zero-order chi connectivity index (χ0) is 26.2. The summed E-state index contributed by atoms with van der Waals surface area (Å²) in [5, 5.41) is 7.42. The maximum atomic E-state index is 12.7. The molecule has 0 radical (unpaired) electrons. The smallest absolute Gasteiger partial charge is 0.336 e. The van der Waals surface area contributed by atoms with Crippen LogP contribution in [0.4, 0.5) is 47.3 Å². The highest BCUT2D eigenvalue weighted by atomic mass is 19.4. The summed E-state index contributed by atoms with van der Waals surface area (Å²) >= 11 is 0. The molecule has 0 spiro atoms. The van der Waals surface area contributed by atoms with Gasteiger partial charge in [-0.25, -0.2) is 9.59 Å². The fraction of sp³-hybridized carbons (Fsp3) is 0.364. The third kappa shape index (κ3) is 9.35. The number of rotatable bonds is 8. The molecule has 0 saturated carbocycles. The zero-order valence-electron chi connectivity index (χ0n) is 18.9. The number of hydrogen-bond acceptors (Lipinski definition) is 3. The van der Waals surface area contributed by atoms with Gasteiger partial charge in [-0.05, 0) is 62.6 Å². The van der Waals surface area contributed by atoms with Crippen molar-refractivity contribution in [2.45, 2.75) is 12.4 Å². The number of likely N-dealkylation sites (N-methyl/N-ethyl adjacent to an activating group) is 1. The van der Waals surface area contributed by atoms with Crippen LogP contribution in [0, 0.1) is 0 Å². The largest absolute Gasteiger partial charge is 0.416 e. The van der Waals surface area contributed by atoms with E-state index in [1.165, 1.54) is 4.90 Å². The van der Waals surface area contributed by atoms with Crippen LogP contribution in [-0.2, 0) is 12.4 Å². The lowest BCUT2D eigenvalue weighted by Gasteiger charge is -2.25. The molecule has 0 aliphatic rings. The van der Waals surface area contributed by atoms with Crippen molar-refractivity contribution >= 4 is 23.4 Å². The molecule has 0 aliphatic heterocycles. The molecular weight excluding hydrogens is 480 g/mol. The second-order valence-electron chi connectivity index (χ2n) is 7.75. The zero-order valence-corrected chi connectivity index (χ0v) is 18.9. The molecule has 2 rings (SSSR count). The molecule has 4 amide bonds. The van der Waals surface area contributed by atoms with Gasteiger partial charge in [-0.2, -0.15) is 26.3 Å². The van der Waals surface area contributed by atoms with Gasteiger partial charge in [0.05, 0.1) is 11.1 Å². The highest BCUT2D eigenvalue weighted by Gasteiger charge is 2.30. The van der Waals surface area contributed by atoms with Gasteiger partial charge in [-0.3, -0.25) is 0 Å². The Morgan fingerprint density at radius 3 is 1.60 bits per heavy atom. The average Bonchev–Trinajstić information content (AvgIpc) is 2.75. The molecule has 192 valence electrons. The Hall–Kier alpha value is -3.48. The van der Waals surface area contributed by atoms with Gasteiger partial charge >= 0.3 is 24.4 Å². The van der Waals surface area contributed by atoms with E-state index in [0.29, 0.717) is 6.54 Å². The van der Waals surface area contributed by atoms with Gasteiger partial charge in [0.25, 0.3) is 0 Å². The van der Waals surface area contributed by atoms with Crippen molar-refractivity contribution in [1.82, 2.24) is 15.1 Å². The lowest BCUT2D eigenvalue weighted by Crippen LogP contribution is -2.44. The second kappa shape index (κ2) is 11.8. The number of alkyl halides is 6. The summed E-state index contributed by atoms with van der Waals surface area (Å²) in [7, 11) is 3.59. The molecular formula is C22H25F6N5O2. The third-order valence-electron chi connectivity index (χ3n) is 4.71. The van der Waals surface area contributed by atoms with Crippen LogP contribution in [0.2, 0.25) is 0 Å². The van der Waals surface area contributed by atoms with Crippen molar-refractivity contribution in [3.63, 3.8) is 0 Å². The third-order valence-corrected chi connectivity index (χ3v) is 4.71. The molecule has 2 aromatic rings. The molecule has 0 fully saturated rings. The molecule has 0 unspecified atom stereocenters. The summed E-state index contributed by atoms with van der Waals surface area (Å²) in [5.41, 5.74) is -1.37. The molecule has 7 nitrogen and oxygen atoms in total. The van der Waals surface area contributed by atoms with Gasteiger partial charge in [0, 0.05) is 37.6 Å². The fourth-order valence-corrected chi connectivity index (χ4v) is 2.80. The van der Waals surface area contributed by atoms with Gasteiger partial charge in [-0.1, -0.05) is 0 Å².